The number of benzene rings is 3. The number of carbonyl (C=O) groups excluding carboxylic acids is 4. The summed E-state index contributed by atoms with van der Waals surface area (Å²) in [5.74, 6) is 0.605. The van der Waals surface area contributed by atoms with Crippen molar-refractivity contribution < 1.29 is 28.5 Å². The van der Waals surface area contributed by atoms with Gasteiger partial charge in [-0.2, -0.15) is 10.1 Å². The molecule has 18 nitrogen and oxygen atoms in total. The molecule has 1 saturated carbocycles. The number of nitrogens with one attached hydrogen (secondary N) is 3. The largest absolute Gasteiger partial charge is 0.494 e. The van der Waals surface area contributed by atoms with Crippen LogP contribution < -0.4 is 35.8 Å². The zero-order valence-corrected chi connectivity index (χ0v) is 44.1. The summed E-state index contributed by atoms with van der Waals surface area (Å²) in [7, 11) is 0.966. The van der Waals surface area contributed by atoms with Crippen LogP contribution in [0, 0.1) is 5.92 Å². The van der Waals surface area contributed by atoms with Crippen molar-refractivity contribution in [1.29, 1.82) is 0 Å². The van der Waals surface area contributed by atoms with Gasteiger partial charge in [0.05, 0.1) is 42.0 Å². The third-order valence-electron chi connectivity index (χ3n) is 15.9. The first-order chi connectivity index (χ1) is 35.7. The number of likely N-dealkylation sites (tertiary alicyclic amines) is 1. The van der Waals surface area contributed by atoms with Crippen LogP contribution in [-0.4, -0.2) is 150 Å². The maximum Gasteiger partial charge on any atom is 0.262 e. The van der Waals surface area contributed by atoms with Crippen LogP contribution in [0.25, 0.3) is 11.1 Å². The fourth-order valence-corrected chi connectivity index (χ4v) is 12.9. The minimum Gasteiger partial charge on any atom is -0.494 e. The van der Waals surface area contributed by atoms with Crippen molar-refractivity contribution in [3.05, 3.63) is 88.8 Å². The highest BCUT2D eigenvalue weighted by atomic mass is 35.5. The maximum atomic E-state index is 13.5. The third-order valence-corrected chi connectivity index (χ3v) is 17.7. The van der Waals surface area contributed by atoms with Crippen LogP contribution in [0.2, 0.25) is 5.02 Å². The number of amides is 4. The normalized spacial score (nSPS) is 20.6. The number of carbonyl (C=O) groups is 4. The van der Waals surface area contributed by atoms with Gasteiger partial charge in [0, 0.05) is 105 Å². The third kappa shape index (κ3) is 10.3. The van der Waals surface area contributed by atoms with E-state index in [9.17, 15) is 23.7 Å². The first-order valence-electron chi connectivity index (χ1n) is 26.0. The highest BCUT2D eigenvalue weighted by Gasteiger charge is 2.45. The van der Waals surface area contributed by atoms with Gasteiger partial charge in [0.1, 0.15) is 24.0 Å². The number of piperidine rings is 3. The second kappa shape index (κ2) is 20.4. The second-order valence-electron chi connectivity index (χ2n) is 21.2. The summed E-state index contributed by atoms with van der Waals surface area (Å²) < 4.78 is 21.3. The smallest absolute Gasteiger partial charge is 0.262 e. The number of nitrogens with zero attached hydrogens (tertiary/aromatic N) is 9. The molecular formula is C54H64ClN12O6P. The van der Waals surface area contributed by atoms with E-state index in [1.165, 1.54) is 18.4 Å². The number of anilines is 6. The number of imide groups is 2. The molecule has 74 heavy (non-hydrogen) atoms. The molecular weight excluding hydrogens is 979 g/mol. The van der Waals surface area contributed by atoms with Gasteiger partial charge in [-0.1, -0.05) is 17.7 Å². The zero-order valence-electron chi connectivity index (χ0n) is 42.5. The predicted molar refractivity (Wildman–Crippen MR) is 288 cm³/mol. The molecule has 1 aliphatic carbocycles. The van der Waals surface area contributed by atoms with Gasteiger partial charge in [-0.3, -0.25) is 39.0 Å². The molecule has 0 radical (unpaired) electrons. The first-order valence-corrected chi connectivity index (χ1v) is 28.9. The van der Waals surface area contributed by atoms with Crippen molar-refractivity contribution in [3.63, 3.8) is 0 Å². The minimum atomic E-state index is -2.63. The van der Waals surface area contributed by atoms with Crippen LogP contribution in [0.3, 0.4) is 0 Å². The summed E-state index contributed by atoms with van der Waals surface area (Å²) in [6.45, 7) is 12.1. The Morgan fingerprint density at radius 2 is 1.54 bits per heavy atom. The Kier molecular flexibility index (Phi) is 13.8. The van der Waals surface area contributed by atoms with E-state index in [2.05, 4.69) is 69.9 Å². The van der Waals surface area contributed by atoms with E-state index in [1.807, 2.05) is 36.3 Å². The van der Waals surface area contributed by atoms with Crippen LogP contribution >= 0.6 is 18.7 Å². The molecule has 6 aliphatic rings. The average molecular weight is 1040 g/mol. The Bertz CT molecular complexity index is 3060. The molecule has 3 N–H and O–H groups in total. The van der Waals surface area contributed by atoms with Crippen molar-refractivity contribution >= 4 is 82.2 Å². The molecule has 1 atom stereocenters. The minimum absolute atomic E-state index is 0.0933. The standard InChI is InChI=1S/C54H64ClN12O6P/c1-62-32-36(29-57-62)40-27-44(59-54-56-30-42(55)50(61-54)58-43-10-7-35(34-5-6-34)25-48(43)74(3,4)72)47(73-2)28-46(40)66-19-15-37(16-20-66)64-17-13-33(14-18-64)31-63-21-23-65(24-22-63)38-8-9-39-41(26-38)53(71)67(52(39)70)45-11-12-49(68)60-51(45)69/h7-10,25-30,32-34,37,45H,5-6,11-24,31H2,1-4H3,(H,60,68,69)(H2,56,58,59,61). The summed E-state index contributed by atoms with van der Waals surface area (Å²) in [4.78, 5) is 71.3. The molecule has 11 rings (SSSR count). The quantitative estimate of drug-likeness (QED) is 0.0757. The van der Waals surface area contributed by atoms with Crippen LogP contribution in [0.4, 0.5) is 34.5 Å². The number of aryl methyl sites for hydroxylation is 1. The second-order valence-corrected chi connectivity index (χ2v) is 24.8. The lowest BCUT2D eigenvalue weighted by atomic mass is 9.92. The monoisotopic (exact) mass is 1040 g/mol. The predicted octanol–water partition coefficient (Wildman–Crippen LogP) is 7.06. The molecule has 388 valence electrons. The summed E-state index contributed by atoms with van der Waals surface area (Å²) in [5, 5.41) is 14.7. The summed E-state index contributed by atoms with van der Waals surface area (Å²) >= 11 is 6.69. The maximum absolute atomic E-state index is 13.5. The van der Waals surface area contributed by atoms with Gasteiger partial charge in [0.2, 0.25) is 17.8 Å². The van der Waals surface area contributed by atoms with E-state index in [0.29, 0.717) is 62.9 Å². The lowest BCUT2D eigenvalue weighted by Gasteiger charge is -2.44. The number of rotatable bonds is 14. The molecule has 5 aliphatic heterocycles. The molecule has 2 aromatic heterocycles. The lowest BCUT2D eigenvalue weighted by molar-refractivity contribution is -0.136. The Balaban J connectivity index is 0.692. The SMILES string of the molecule is COc1cc(N2CCC(N3CCC(CN4CCN(c5ccc6c(c5)C(=O)N(C5CCC(=O)NC5=O)C6=O)CC4)CC3)CC2)c(-c2cnn(C)c2)cc1Nc1ncc(Cl)c(Nc2ccc(C3CC3)cc2P(C)(C)=O)n1. The Hall–Kier alpha value is -6.33. The molecule has 5 fully saturated rings. The van der Waals surface area contributed by atoms with E-state index in [4.69, 9.17) is 21.3 Å². The van der Waals surface area contributed by atoms with Gasteiger partial charge in [-0.05, 0) is 125 Å². The molecule has 7 heterocycles. The molecule has 3 aromatic carbocycles. The molecule has 5 aromatic rings. The van der Waals surface area contributed by atoms with Gasteiger partial charge in [-0.15, -0.1) is 0 Å². The van der Waals surface area contributed by atoms with Crippen molar-refractivity contribution in [3.8, 4) is 16.9 Å². The average Bonchev–Trinajstić information content (AvgIpc) is 4.11. The highest BCUT2D eigenvalue weighted by Crippen LogP contribution is 2.45. The lowest BCUT2D eigenvalue weighted by Crippen LogP contribution is -2.54. The number of piperazine rings is 1. The molecule has 1 unspecified atom stereocenters. The van der Waals surface area contributed by atoms with E-state index in [1.54, 1.807) is 38.8 Å². The summed E-state index contributed by atoms with van der Waals surface area (Å²) in [6.07, 6.45) is 12.5. The molecule has 4 amide bonds. The van der Waals surface area contributed by atoms with Crippen LogP contribution in [-0.2, 0) is 21.2 Å². The number of methoxy groups -OCH3 is 1. The van der Waals surface area contributed by atoms with Crippen LogP contribution in [0.1, 0.15) is 83.6 Å². The fraction of sp³-hybridized carbons (Fsp3) is 0.463. The van der Waals surface area contributed by atoms with E-state index < -0.39 is 30.9 Å². The number of hydrogen-bond donors (Lipinski definition) is 3. The van der Waals surface area contributed by atoms with Crippen molar-refractivity contribution in [2.24, 2.45) is 13.0 Å². The molecule has 4 saturated heterocycles. The van der Waals surface area contributed by atoms with Crippen LogP contribution in [0.5, 0.6) is 5.75 Å². The van der Waals surface area contributed by atoms with Gasteiger partial charge in [-0.25, -0.2) is 4.98 Å². The summed E-state index contributed by atoms with van der Waals surface area (Å²) in [5.41, 5.74) is 7.24. The first kappa shape index (κ1) is 49.9. The van der Waals surface area contributed by atoms with Gasteiger partial charge in [0.15, 0.2) is 5.82 Å². The van der Waals surface area contributed by atoms with Crippen molar-refractivity contribution in [1.82, 2.24) is 39.8 Å². The van der Waals surface area contributed by atoms with E-state index in [-0.39, 0.29) is 18.7 Å². The number of hydrogen-bond acceptors (Lipinski definition) is 15. The van der Waals surface area contributed by atoms with E-state index in [0.717, 1.165) is 117 Å². The van der Waals surface area contributed by atoms with Crippen LogP contribution in [0.15, 0.2) is 67.1 Å². The Morgan fingerprint density at radius 3 is 2.23 bits per heavy atom. The number of ether oxygens (including phenoxy) is 1. The topological polar surface area (TPSA) is 190 Å². The van der Waals surface area contributed by atoms with Crippen molar-refractivity contribution in [2.75, 3.05) is 99.8 Å². The Morgan fingerprint density at radius 1 is 0.784 bits per heavy atom. The van der Waals surface area contributed by atoms with Crippen molar-refractivity contribution in [2.45, 2.75) is 69.4 Å². The van der Waals surface area contributed by atoms with Gasteiger partial charge in [0.25, 0.3) is 11.8 Å². The fourth-order valence-electron chi connectivity index (χ4n) is 11.6. The molecule has 20 heteroatoms. The molecule has 0 bridgehead atoms. The highest BCUT2D eigenvalue weighted by molar-refractivity contribution is 7.70. The molecule has 0 spiro atoms. The number of halogens is 1. The Labute approximate surface area is 436 Å². The zero-order chi connectivity index (χ0) is 51.4. The number of aromatic nitrogens is 4. The van der Waals surface area contributed by atoms with Gasteiger partial charge < -0.3 is 34.6 Å². The van der Waals surface area contributed by atoms with E-state index >= 15 is 0 Å². The number of fused-ring (bicyclic) bond motifs is 1. The van der Waals surface area contributed by atoms with Gasteiger partial charge >= 0.3 is 0 Å². The summed E-state index contributed by atoms with van der Waals surface area (Å²) in [6, 6.07) is 15.3.